The molecule has 3 aromatic carbocycles. The summed E-state index contributed by atoms with van der Waals surface area (Å²) in [6.07, 6.45) is 0. The van der Waals surface area contributed by atoms with Crippen molar-refractivity contribution in [3.8, 4) is 17.2 Å². The number of amides is 1. The minimum absolute atomic E-state index is 0.0214. The van der Waals surface area contributed by atoms with E-state index in [0.29, 0.717) is 31.0 Å². The van der Waals surface area contributed by atoms with Crippen molar-refractivity contribution < 1.29 is 19.0 Å². The van der Waals surface area contributed by atoms with Crippen molar-refractivity contribution >= 4 is 11.6 Å². The molecule has 0 unspecified atom stereocenters. The number of methoxy groups -OCH3 is 2. The first-order chi connectivity index (χ1) is 17.3. The Morgan fingerprint density at radius 1 is 0.833 bits per heavy atom. The maximum atomic E-state index is 13.3. The van der Waals surface area contributed by atoms with Gasteiger partial charge in [0.05, 0.1) is 19.9 Å². The molecule has 4 rings (SSSR count). The van der Waals surface area contributed by atoms with Gasteiger partial charge in [0.2, 0.25) is 0 Å². The van der Waals surface area contributed by atoms with Crippen LogP contribution in [0.1, 0.15) is 42.3 Å². The summed E-state index contributed by atoms with van der Waals surface area (Å²) in [6.45, 7) is 9.69. The zero-order chi connectivity index (χ0) is 25.7. The Labute approximate surface area is 214 Å². The van der Waals surface area contributed by atoms with Gasteiger partial charge in [0.25, 0.3) is 5.91 Å². The molecule has 190 valence electrons. The zero-order valence-corrected chi connectivity index (χ0v) is 21.9. The van der Waals surface area contributed by atoms with E-state index < -0.39 is 0 Å². The minimum atomic E-state index is 0.0214. The van der Waals surface area contributed by atoms with Gasteiger partial charge in [-0.3, -0.25) is 4.79 Å². The molecule has 0 saturated carbocycles. The van der Waals surface area contributed by atoms with Crippen molar-refractivity contribution in [2.45, 2.75) is 32.8 Å². The molecule has 0 atom stereocenters. The van der Waals surface area contributed by atoms with E-state index in [1.54, 1.807) is 14.2 Å². The van der Waals surface area contributed by atoms with Crippen molar-refractivity contribution in [2.24, 2.45) is 0 Å². The van der Waals surface area contributed by atoms with Crippen LogP contribution in [0.25, 0.3) is 0 Å². The average molecular weight is 489 g/mol. The van der Waals surface area contributed by atoms with Crippen molar-refractivity contribution in [1.29, 1.82) is 0 Å². The molecule has 0 aromatic heterocycles. The fourth-order valence-electron chi connectivity index (χ4n) is 4.46. The number of hydrogen-bond donors (Lipinski definition) is 0. The standard InChI is InChI=1S/C30H36N2O4/c1-30(2,3)24-11-13-25(14-12-24)36-21-23-20-22(10-15-27(23)34-4)29(33)32-18-16-31(17-19-32)26-8-6-7-9-28(26)35-5/h6-15,20H,16-19,21H2,1-5H3. The topological polar surface area (TPSA) is 51.2 Å². The van der Waals surface area contributed by atoms with Crippen LogP contribution in [0.3, 0.4) is 0 Å². The number of carbonyl (C=O) groups is 1. The summed E-state index contributed by atoms with van der Waals surface area (Å²) in [7, 11) is 3.32. The molecule has 1 aliphatic heterocycles. The Hall–Kier alpha value is -3.67. The smallest absolute Gasteiger partial charge is 0.253 e. The molecule has 0 radical (unpaired) electrons. The van der Waals surface area contributed by atoms with Crippen LogP contribution in [-0.2, 0) is 12.0 Å². The normalized spacial score (nSPS) is 13.9. The summed E-state index contributed by atoms with van der Waals surface area (Å²) in [4.78, 5) is 17.5. The molecule has 0 aliphatic carbocycles. The Kier molecular flexibility index (Phi) is 7.73. The number of rotatable bonds is 7. The van der Waals surface area contributed by atoms with E-state index in [-0.39, 0.29) is 11.3 Å². The fraction of sp³-hybridized carbons (Fsp3) is 0.367. The van der Waals surface area contributed by atoms with E-state index in [0.717, 1.165) is 35.8 Å². The van der Waals surface area contributed by atoms with Crippen LogP contribution in [0.15, 0.2) is 66.7 Å². The van der Waals surface area contributed by atoms with Gasteiger partial charge in [-0.2, -0.15) is 0 Å². The van der Waals surface area contributed by atoms with Gasteiger partial charge in [-0.25, -0.2) is 0 Å². The first-order valence-corrected chi connectivity index (χ1v) is 12.4. The van der Waals surface area contributed by atoms with Gasteiger partial charge in [0.1, 0.15) is 23.9 Å². The Balaban J connectivity index is 1.41. The van der Waals surface area contributed by atoms with Gasteiger partial charge in [-0.1, -0.05) is 45.0 Å². The third-order valence-electron chi connectivity index (χ3n) is 6.63. The lowest BCUT2D eigenvalue weighted by Gasteiger charge is -2.36. The molecule has 6 nitrogen and oxygen atoms in total. The molecule has 1 amide bonds. The highest BCUT2D eigenvalue weighted by Crippen LogP contribution is 2.29. The molecule has 0 N–H and O–H groups in total. The predicted octanol–water partition coefficient (Wildman–Crippen LogP) is 5.54. The maximum absolute atomic E-state index is 13.3. The van der Waals surface area contributed by atoms with Gasteiger partial charge >= 0.3 is 0 Å². The van der Waals surface area contributed by atoms with E-state index in [1.165, 1.54) is 5.56 Å². The fourth-order valence-corrected chi connectivity index (χ4v) is 4.46. The number of hydrogen-bond acceptors (Lipinski definition) is 5. The lowest BCUT2D eigenvalue weighted by Crippen LogP contribution is -2.48. The molecule has 1 saturated heterocycles. The van der Waals surface area contributed by atoms with E-state index in [4.69, 9.17) is 14.2 Å². The predicted molar refractivity (Wildman–Crippen MR) is 144 cm³/mol. The second kappa shape index (κ2) is 10.9. The molecule has 36 heavy (non-hydrogen) atoms. The number of ether oxygens (including phenoxy) is 3. The van der Waals surface area contributed by atoms with Gasteiger partial charge in [-0.15, -0.1) is 0 Å². The van der Waals surface area contributed by atoms with Crippen molar-refractivity contribution in [3.05, 3.63) is 83.4 Å². The van der Waals surface area contributed by atoms with E-state index >= 15 is 0 Å². The third kappa shape index (κ3) is 5.76. The Morgan fingerprint density at radius 3 is 2.14 bits per heavy atom. The van der Waals surface area contributed by atoms with E-state index in [1.807, 2.05) is 53.4 Å². The molecule has 1 heterocycles. The van der Waals surface area contributed by atoms with Crippen molar-refractivity contribution in [3.63, 3.8) is 0 Å². The number of carbonyl (C=O) groups excluding carboxylic acids is 1. The van der Waals surface area contributed by atoms with Crippen LogP contribution in [0, 0.1) is 0 Å². The largest absolute Gasteiger partial charge is 0.496 e. The van der Waals surface area contributed by atoms with Crippen LogP contribution in [-0.4, -0.2) is 51.2 Å². The quantitative estimate of drug-likeness (QED) is 0.437. The third-order valence-corrected chi connectivity index (χ3v) is 6.63. The highest BCUT2D eigenvalue weighted by molar-refractivity contribution is 5.94. The summed E-state index contributed by atoms with van der Waals surface area (Å²) < 4.78 is 17.1. The SMILES string of the molecule is COc1ccc(C(=O)N2CCN(c3ccccc3OC)CC2)cc1COc1ccc(C(C)(C)C)cc1. The van der Waals surface area contributed by atoms with E-state index in [9.17, 15) is 4.79 Å². The van der Waals surface area contributed by atoms with E-state index in [2.05, 4.69) is 43.9 Å². The number of para-hydroxylation sites is 2. The van der Waals surface area contributed by atoms with Crippen LogP contribution in [0.2, 0.25) is 0 Å². The summed E-state index contributed by atoms with van der Waals surface area (Å²) in [5.74, 6) is 2.37. The number of nitrogens with zero attached hydrogens (tertiary/aromatic N) is 2. The van der Waals surface area contributed by atoms with Gasteiger partial charge < -0.3 is 24.0 Å². The molecule has 1 aliphatic rings. The molecular formula is C30H36N2O4. The second-order valence-corrected chi connectivity index (χ2v) is 10.0. The lowest BCUT2D eigenvalue weighted by atomic mass is 9.87. The summed E-state index contributed by atoms with van der Waals surface area (Å²) >= 11 is 0. The molecule has 0 bridgehead atoms. The number of piperazine rings is 1. The summed E-state index contributed by atoms with van der Waals surface area (Å²) in [5, 5.41) is 0. The van der Waals surface area contributed by atoms with Crippen molar-refractivity contribution in [1.82, 2.24) is 4.90 Å². The van der Waals surface area contributed by atoms with Crippen LogP contribution >= 0.6 is 0 Å². The number of benzene rings is 3. The summed E-state index contributed by atoms with van der Waals surface area (Å²) in [6, 6.07) is 21.7. The highest BCUT2D eigenvalue weighted by Gasteiger charge is 2.24. The molecule has 3 aromatic rings. The molecule has 6 heteroatoms. The summed E-state index contributed by atoms with van der Waals surface area (Å²) in [5.41, 5.74) is 3.89. The van der Waals surface area contributed by atoms with Crippen LogP contribution in [0.4, 0.5) is 5.69 Å². The van der Waals surface area contributed by atoms with Crippen LogP contribution < -0.4 is 19.1 Å². The minimum Gasteiger partial charge on any atom is -0.496 e. The number of anilines is 1. The molecule has 0 spiro atoms. The molecular weight excluding hydrogens is 452 g/mol. The average Bonchev–Trinajstić information content (AvgIpc) is 2.91. The van der Waals surface area contributed by atoms with Crippen LogP contribution in [0.5, 0.6) is 17.2 Å². The Morgan fingerprint density at radius 2 is 1.50 bits per heavy atom. The lowest BCUT2D eigenvalue weighted by molar-refractivity contribution is 0.0746. The first kappa shape index (κ1) is 25.4. The Bertz CT molecular complexity index is 1180. The molecule has 1 fully saturated rings. The monoisotopic (exact) mass is 488 g/mol. The van der Waals surface area contributed by atoms with Crippen molar-refractivity contribution in [2.75, 3.05) is 45.3 Å². The maximum Gasteiger partial charge on any atom is 0.253 e. The van der Waals surface area contributed by atoms with Gasteiger partial charge in [0, 0.05) is 37.3 Å². The zero-order valence-electron chi connectivity index (χ0n) is 21.9. The van der Waals surface area contributed by atoms with Gasteiger partial charge in [-0.05, 0) is 53.4 Å². The highest BCUT2D eigenvalue weighted by atomic mass is 16.5. The first-order valence-electron chi connectivity index (χ1n) is 12.4. The van der Waals surface area contributed by atoms with Gasteiger partial charge in [0.15, 0.2) is 0 Å². The second-order valence-electron chi connectivity index (χ2n) is 10.0.